The minimum atomic E-state index is -0.387. The first kappa shape index (κ1) is 22.8. The van der Waals surface area contributed by atoms with Crippen molar-refractivity contribution in [2.24, 2.45) is 0 Å². The highest BCUT2D eigenvalue weighted by Crippen LogP contribution is 2.39. The second-order valence-electron chi connectivity index (χ2n) is 6.13. The summed E-state index contributed by atoms with van der Waals surface area (Å²) >= 11 is 7.56. The zero-order chi connectivity index (χ0) is 22.4. The first-order valence-corrected chi connectivity index (χ1v) is 11.0. The van der Waals surface area contributed by atoms with Gasteiger partial charge in [-0.3, -0.25) is 15.6 Å². The Balaban J connectivity index is 1.84. The van der Waals surface area contributed by atoms with Crippen molar-refractivity contribution in [1.82, 2.24) is 10.4 Å². The van der Waals surface area contributed by atoms with Gasteiger partial charge in [0.25, 0.3) is 5.91 Å². The molecule has 3 rings (SSSR count). The van der Waals surface area contributed by atoms with Crippen LogP contribution in [0.25, 0.3) is 10.2 Å². The van der Waals surface area contributed by atoms with Crippen molar-refractivity contribution < 1.29 is 23.7 Å². The van der Waals surface area contributed by atoms with Gasteiger partial charge in [-0.1, -0.05) is 22.9 Å². The van der Waals surface area contributed by atoms with Gasteiger partial charge in [0.1, 0.15) is 11.3 Å². The second-order valence-corrected chi connectivity index (χ2v) is 7.53. The van der Waals surface area contributed by atoms with Crippen LogP contribution in [0, 0.1) is 0 Å². The highest BCUT2D eigenvalue weighted by atomic mass is 35.5. The normalized spacial score (nSPS) is 10.6. The maximum absolute atomic E-state index is 12.8. The number of ether oxygens (including phenoxy) is 4. The van der Waals surface area contributed by atoms with E-state index in [2.05, 4.69) is 15.8 Å². The van der Waals surface area contributed by atoms with E-state index >= 15 is 0 Å². The first-order valence-electron chi connectivity index (χ1n) is 9.78. The molecule has 0 atom stereocenters. The van der Waals surface area contributed by atoms with E-state index < -0.39 is 0 Å². The molecule has 0 aliphatic carbocycles. The van der Waals surface area contributed by atoms with Gasteiger partial charge in [-0.25, -0.2) is 4.98 Å². The van der Waals surface area contributed by atoms with Crippen LogP contribution in [0.5, 0.6) is 23.0 Å². The summed E-state index contributed by atoms with van der Waals surface area (Å²) in [5.41, 5.74) is 6.45. The van der Waals surface area contributed by atoms with E-state index in [1.165, 1.54) is 11.3 Å². The van der Waals surface area contributed by atoms with E-state index in [-0.39, 0.29) is 5.91 Å². The second kappa shape index (κ2) is 10.4. The molecule has 166 valence electrons. The van der Waals surface area contributed by atoms with Crippen molar-refractivity contribution in [2.75, 3.05) is 32.4 Å². The van der Waals surface area contributed by atoms with Crippen LogP contribution in [0.4, 0.5) is 5.13 Å². The van der Waals surface area contributed by atoms with Gasteiger partial charge in [-0.05, 0) is 45.0 Å². The van der Waals surface area contributed by atoms with E-state index in [1.54, 1.807) is 31.4 Å². The van der Waals surface area contributed by atoms with Gasteiger partial charge in [-0.15, -0.1) is 0 Å². The maximum atomic E-state index is 12.8. The molecule has 3 aromatic rings. The Bertz CT molecular complexity index is 1050. The number of methoxy groups -OCH3 is 1. The highest BCUT2D eigenvalue weighted by molar-refractivity contribution is 7.22. The van der Waals surface area contributed by atoms with Gasteiger partial charge >= 0.3 is 0 Å². The maximum Gasteiger partial charge on any atom is 0.269 e. The summed E-state index contributed by atoms with van der Waals surface area (Å²) in [5.74, 6) is 1.57. The Labute approximate surface area is 189 Å². The lowest BCUT2D eigenvalue weighted by Crippen LogP contribution is -2.29. The Morgan fingerprint density at radius 1 is 1.03 bits per heavy atom. The lowest BCUT2D eigenvalue weighted by molar-refractivity contribution is 0.0961. The fourth-order valence-corrected chi connectivity index (χ4v) is 3.98. The van der Waals surface area contributed by atoms with Crippen molar-refractivity contribution >= 4 is 44.2 Å². The Hall–Kier alpha value is -2.91. The Morgan fingerprint density at radius 2 is 1.68 bits per heavy atom. The SMILES string of the molecule is CCOc1cc(C(=O)NNc2nc3c(OC)ccc(Cl)c3s2)cc(OCC)c1OCC. The molecular weight excluding hydrogens is 442 g/mol. The number of nitrogens with one attached hydrogen (secondary N) is 2. The predicted octanol–water partition coefficient (Wildman–Crippen LogP) is 4.91. The third-order valence-electron chi connectivity index (χ3n) is 4.13. The molecule has 0 aliphatic rings. The number of hydrazine groups is 1. The van der Waals surface area contributed by atoms with Crippen molar-refractivity contribution in [1.29, 1.82) is 0 Å². The van der Waals surface area contributed by atoms with Gasteiger partial charge in [0.2, 0.25) is 10.9 Å². The molecule has 0 aliphatic heterocycles. The van der Waals surface area contributed by atoms with Crippen LogP contribution in [-0.2, 0) is 0 Å². The van der Waals surface area contributed by atoms with Gasteiger partial charge in [0.05, 0.1) is 36.7 Å². The van der Waals surface area contributed by atoms with Gasteiger partial charge in [0, 0.05) is 5.56 Å². The molecule has 2 N–H and O–H groups in total. The smallest absolute Gasteiger partial charge is 0.269 e. The zero-order valence-corrected chi connectivity index (χ0v) is 19.3. The molecule has 0 fully saturated rings. The molecule has 0 saturated carbocycles. The number of halogens is 1. The minimum Gasteiger partial charge on any atom is -0.494 e. The molecule has 31 heavy (non-hydrogen) atoms. The molecule has 10 heteroatoms. The molecule has 8 nitrogen and oxygen atoms in total. The number of thiazole rings is 1. The van der Waals surface area contributed by atoms with E-state index in [0.29, 0.717) is 64.1 Å². The average Bonchev–Trinajstić information content (AvgIpc) is 3.20. The molecule has 0 unspecified atom stereocenters. The zero-order valence-electron chi connectivity index (χ0n) is 17.7. The van der Waals surface area contributed by atoms with Crippen molar-refractivity contribution in [2.45, 2.75) is 20.8 Å². The number of rotatable bonds is 10. The van der Waals surface area contributed by atoms with Crippen LogP contribution in [0.15, 0.2) is 24.3 Å². The van der Waals surface area contributed by atoms with Crippen molar-refractivity contribution in [3.05, 3.63) is 34.9 Å². The van der Waals surface area contributed by atoms with Crippen LogP contribution in [0.2, 0.25) is 5.02 Å². The fraction of sp³-hybridized carbons (Fsp3) is 0.333. The number of aromatic nitrogens is 1. The van der Waals surface area contributed by atoms with Crippen LogP contribution < -0.4 is 29.8 Å². The molecule has 0 bridgehead atoms. The molecule has 1 aromatic heterocycles. The van der Waals surface area contributed by atoms with Crippen LogP contribution in [0.3, 0.4) is 0 Å². The van der Waals surface area contributed by atoms with E-state index in [4.69, 9.17) is 30.5 Å². The van der Waals surface area contributed by atoms with Crippen LogP contribution >= 0.6 is 22.9 Å². The number of benzene rings is 2. The quantitative estimate of drug-likeness (QED) is 0.411. The monoisotopic (exact) mass is 465 g/mol. The molecule has 0 radical (unpaired) electrons. The molecule has 0 spiro atoms. The van der Waals surface area contributed by atoms with E-state index in [9.17, 15) is 4.79 Å². The summed E-state index contributed by atoms with van der Waals surface area (Å²) in [6, 6.07) is 6.73. The Morgan fingerprint density at radius 3 is 2.26 bits per heavy atom. The number of anilines is 1. The van der Waals surface area contributed by atoms with Crippen LogP contribution in [0.1, 0.15) is 31.1 Å². The van der Waals surface area contributed by atoms with E-state index in [0.717, 1.165) is 4.70 Å². The lowest BCUT2D eigenvalue weighted by Gasteiger charge is -2.17. The summed E-state index contributed by atoms with van der Waals surface area (Å²) < 4.78 is 23.1. The summed E-state index contributed by atoms with van der Waals surface area (Å²) in [7, 11) is 1.56. The average molecular weight is 466 g/mol. The number of nitrogens with zero attached hydrogens (tertiary/aromatic N) is 1. The number of carbonyl (C=O) groups excluding carboxylic acids is 1. The number of amides is 1. The molecular formula is C21H24ClN3O5S. The molecule has 1 heterocycles. The van der Waals surface area contributed by atoms with Crippen molar-refractivity contribution in [3.8, 4) is 23.0 Å². The largest absolute Gasteiger partial charge is 0.494 e. The lowest BCUT2D eigenvalue weighted by atomic mass is 10.1. The number of carbonyl (C=O) groups is 1. The number of hydrogen-bond donors (Lipinski definition) is 2. The third-order valence-corrected chi connectivity index (χ3v) is 5.56. The Kier molecular flexibility index (Phi) is 7.64. The standard InChI is InChI=1S/C21H24ClN3O5S/c1-5-28-15-10-12(11-16(29-6-2)18(15)30-7-3)20(26)24-25-21-23-17-14(27-4)9-8-13(22)19(17)31-21/h8-11H,5-7H2,1-4H3,(H,23,25)(H,24,26). The van der Waals surface area contributed by atoms with Gasteiger partial charge in [-0.2, -0.15) is 0 Å². The molecule has 1 amide bonds. The predicted molar refractivity (Wildman–Crippen MR) is 122 cm³/mol. The third kappa shape index (κ3) is 5.05. The summed E-state index contributed by atoms with van der Waals surface area (Å²) in [6.07, 6.45) is 0. The van der Waals surface area contributed by atoms with E-state index in [1.807, 2.05) is 20.8 Å². The first-order chi connectivity index (χ1) is 15.0. The fourth-order valence-electron chi connectivity index (χ4n) is 2.87. The number of fused-ring (bicyclic) bond motifs is 1. The topological polar surface area (TPSA) is 90.9 Å². The summed E-state index contributed by atoms with van der Waals surface area (Å²) in [6.45, 7) is 6.87. The highest BCUT2D eigenvalue weighted by Gasteiger charge is 2.19. The molecule has 2 aromatic carbocycles. The van der Waals surface area contributed by atoms with Crippen LogP contribution in [-0.4, -0.2) is 37.8 Å². The number of hydrogen-bond acceptors (Lipinski definition) is 8. The van der Waals surface area contributed by atoms with Gasteiger partial charge < -0.3 is 18.9 Å². The minimum absolute atomic E-state index is 0.347. The molecule has 0 saturated heterocycles. The summed E-state index contributed by atoms with van der Waals surface area (Å²) in [5, 5.41) is 1.03. The summed E-state index contributed by atoms with van der Waals surface area (Å²) in [4.78, 5) is 17.3. The van der Waals surface area contributed by atoms with Crippen molar-refractivity contribution in [3.63, 3.8) is 0 Å². The van der Waals surface area contributed by atoms with Gasteiger partial charge in [0.15, 0.2) is 11.5 Å².